The molecule has 2 heterocycles. The van der Waals surface area contributed by atoms with Crippen molar-refractivity contribution in [2.24, 2.45) is 0 Å². The maximum absolute atomic E-state index is 5.24. The van der Waals surface area contributed by atoms with E-state index in [2.05, 4.69) is 36.0 Å². The minimum atomic E-state index is -0.0865. The van der Waals surface area contributed by atoms with Crippen molar-refractivity contribution >= 4 is 0 Å². The molecule has 0 aliphatic rings. The van der Waals surface area contributed by atoms with Gasteiger partial charge in [0.2, 0.25) is 5.89 Å². The summed E-state index contributed by atoms with van der Waals surface area (Å²) >= 11 is 0. The van der Waals surface area contributed by atoms with Crippen LogP contribution in [0.25, 0.3) is 0 Å². The van der Waals surface area contributed by atoms with E-state index < -0.39 is 0 Å². The minimum Gasteiger partial charge on any atom is -0.337 e. The molecule has 17 heavy (non-hydrogen) atoms. The summed E-state index contributed by atoms with van der Waals surface area (Å²) in [7, 11) is 0. The van der Waals surface area contributed by atoms with Gasteiger partial charge in [0.05, 0.1) is 5.69 Å². The normalized spacial score (nSPS) is 12.1. The number of hydrogen-bond donors (Lipinski definition) is 0. The van der Waals surface area contributed by atoms with Crippen LogP contribution in [0.5, 0.6) is 0 Å². The Morgan fingerprint density at radius 3 is 2.47 bits per heavy atom. The molecule has 0 aliphatic heterocycles. The quantitative estimate of drug-likeness (QED) is 0.799. The molecule has 0 N–H and O–H groups in total. The fraction of sp³-hybridized carbons (Fsp3) is 0.583. The molecular weight excluding hydrogens is 216 g/mol. The fourth-order valence-corrected chi connectivity index (χ4v) is 1.59. The van der Waals surface area contributed by atoms with Gasteiger partial charge in [0.1, 0.15) is 6.54 Å². The summed E-state index contributed by atoms with van der Waals surface area (Å²) in [6.07, 6.45) is 0. The van der Waals surface area contributed by atoms with Crippen LogP contribution in [0.2, 0.25) is 0 Å². The smallest absolute Gasteiger partial charge is 0.248 e. The Bertz CT molecular complexity index is 519. The first-order valence-electron chi connectivity index (χ1n) is 5.70. The van der Waals surface area contributed by atoms with E-state index in [0.29, 0.717) is 12.4 Å². The topological polar surface area (TPSA) is 56.7 Å². The van der Waals surface area contributed by atoms with Crippen molar-refractivity contribution in [3.63, 3.8) is 0 Å². The Labute approximate surface area is 101 Å². The number of aromatic nitrogens is 4. The van der Waals surface area contributed by atoms with Crippen molar-refractivity contribution in [2.75, 3.05) is 0 Å². The van der Waals surface area contributed by atoms with Gasteiger partial charge in [0.25, 0.3) is 0 Å². The van der Waals surface area contributed by atoms with Crippen LogP contribution in [0.3, 0.4) is 0 Å². The molecule has 0 atom stereocenters. The van der Waals surface area contributed by atoms with Crippen LogP contribution in [-0.4, -0.2) is 19.9 Å². The van der Waals surface area contributed by atoms with E-state index >= 15 is 0 Å². The van der Waals surface area contributed by atoms with Crippen molar-refractivity contribution in [3.8, 4) is 0 Å². The Morgan fingerprint density at radius 2 is 2.00 bits per heavy atom. The highest BCUT2D eigenvalue weighted by molar-refractivity contribution is 5.08. The summed E-state index contributed by atoms with van der Waals surface area (Å²) in [4.78, 5) is 4.39. The third-order valence-electron chi connectivity index (χ3n) is 2.53. The van der Waals surface area contributed by atoms with E-state index in [4.69, 9.17) is 4.52 Å². The highest BCUT2D eigenvalue weighted by Crippen LogP contribution is 2.18. The third-order valence-corrected chi connectivity index (χ3v) is 2.53. The van der Waals surface area contributed by atoms with Crippen molar-refractivity contribution in [3.05, 3.63) is 29.2 Å². The first kappa shape index (κ1) is 11.8. The molecule has 92 valence electrons. The summed E-state index contributed by atoms with van der Waals surface area (Å²) in [6.45, 7) is 10.7. The number of aryl methyl sites for hydroxylation is 2. The molecule has 0 unspecified atom stereocenters. The second-order valence-corrected chi connectivity index (χ2v) is 5.35. The van der Waals surface area contributed by atoms with E-state index in [0.717, 1.165) is 17.2 Å². The van der Waals surface area contributed by atoms with Crippen molar-refractivity contribution in [1.29, 1.82) is 0 Å². The van der Waals surface area contributed by atoms with Crippen LogP contribution in [0.4, 0.5) is 0 Å². The number of hydrogen-bond acceptors (Lipinski definition) is 4. The summed E-state index contributed by atoms with van der Waals surface area (Å²) in [5.74, 6) is 1.33. The molecule has 0 radical (unpaired) electrons. The zero-order valence-electron chi connectivity index (χ0n) is 11.0. The van der Waals surface area contributed by atoms with E-state index in [-0.39, 0.29) is 5.41 Å². The number of nitrogens with zero attached hydrogens (tertiary/aromatic N) is 4. The first-order valence-corrected chi connectivity index (χ1v) is 5.70. The molecule has 0 amide bonds. The molecule has 0 aromatic carbocycles. The lowest BCUT2D eigenvalue weighted by molar-refractivity contribution is 0.352. The molecule has 5 heteroatoms. The number of rotatable bonds is 2. The van der Waals surface area contributed by atoms with Gasteiger partial charge in [-0.2, -0.15) is 10.1 Å². The van der Waals surface area contributed by atoms with Crippen molar-refractivity contribution in [1.82, 2.24) is 19.9 Å². The van der Waals surface area contributed by atoms with E-state index in [9.17, 15) is 0 Å². The largest absolute Gasteiger partial charge is 0.337 e. The molecule has 2 aromatic heterocycles. The van der Waals surface area contributed by atoms with Crippen molar-refractivity contribution < 1.29 is 4.52 Å². The van der Waals surface area contributed by atoms with Gasteiger partial charge >= 0.3 is 0 Å². The van der Waals surface area contributed by atoms with Gasteiger partial charge in [0, 0.05) is 11.1 Å². The predicted octanol–water partition coefficient (Wildman–Crippen LogP) is 2.23. The maximum atomic E-state index is 5.24. The maximum Gasteiger partial charge on any atom is 0.248 e. The van der Waals surface area contributed by atoms with Crippen LogP contribution in [0.15, 0.2) is 10.6 Å². The average molecular weight is 234 g/mol. The monoisotopic (exact) mass is 234 g/mol. The Hall–Kier alpha value is -1.65. The summed E-state index contributed by atoms with van der Waals surface area (Å²) in [5.41, 5.74) is 2.01. The molecule has 5 nitrogen and oxygen atoms in total. The fourth-order valence-electron chi connectivity index (χ4n) is 1.59. The molecule has 0 bridgehead atoms. The summed E-state index contributed by atoms with van der Waals surface area (Å²) < 4.78 is 7.11. The second-order valence-electron chi connectivity index (χ2n) is 5.35. The molecule has 2 rings (SSSR count). The van der Waals surface area contributed by atoms with Gasteiger partial charge < -0.3 is 4.52 Å². The van der Waals surface area contributed by atoms with Gasteiger partial charge in [-0.05, 0) is 19.9 Å². The van der Waals surface area contributed by atoms with E-state index in [1.807, 2.05) is 24.6 Å². The molecular formula is C12H18N4O. The SMILES string of the molecule is Cc1cc(C)n(Cc2nc(C(C)(C)C)no2)n1. The zero-order valence-corrected chi connectivity index (χ0v) is 11.0. The molecule has 0 saturated heterocycles. The van der Waals surface area contributed by atoms with Crippen molar-refractivity contribution in [2.45, 2.75) is 46.6 Å². The van der Waals surface area contributed by atoms with Gasteiger partial charge in [-0.25, -0.2) is 0 Å². The minimum absolute atomic E-state index is 0.0865. The predicted molar refractivity (Wildman–Crippen MR) is 63.8 cm³/mol. The highest BCUT2D eigenvalue weighted by Gasteiger charge is 2.21. The molecule has 0 saturated carbocycles. The molecule has 2 aromatic rings. The first-order chi connectivity index (χ1) is 7.86. The van der Waals surface area contributed by atoms with Crippen LogP contribution in [0.1, 0.15) is 43.9 Å². The molecule has 0 fully saturated rings. The Kier molecular flexibility index (Phi) is 2.77. The zero-order chi connectivity index (χ0) is 12.6. The van der Waals surface area contributed by atoms with Gasteiger partial charge in [0.15, 0.2) is 5.82 Å². The summed E-state index contributed by atoms with van der Waals surface area (Å²) in [6, 6.07) is 2.03. The highest BCUT2D eigenvalue weighted by atomic mass is 16.5. The molecule has 0 aliphatic carbocycles. The summed E-state index contributed by atoms with van der Waals surface area (Å²) in [5, 5.41) is 8.36. The van der Waals surface area contributed by atoms with Gasteiger partial charge in [-0.3, -0.25) is 4.68 Å². The molecule has 0 spiro atoms. The standard InChI is InChI=1S/C12H18N4O/c1-8-6-9(2)16(14-8)7-10-13-11(15-17-10)12(3,4)5/h6H,7H2,1-5H3. The lowest BCUT2D eigenvalue weighted by Gasteiger charge is -2.10. The third kappa shape index (κ3) is 2.54. The van der Waals surface area contributed by atoms with Crippen LogP contribution < -0.4 is 0 Å². The van der Waals surface area contributed by atoms with Crippen LogP contribution in [-0.2, 0) is 12.0 Å². The van der Waals surface area contributed by atoms with Gasteiger partial charge in [-0.1, -0.05) is 25.9 Å². The Balaban J connectivity index is 2.20. The van der Waals surface area contributed by atoms with E-state index in [1.165, 1.54) is 0 Å². The lowest BCUT2D eigenvalue weighted by Crippen LogP contribution is -2.13. The van der Waals surface area contributed by atoms with E-state index in [1.54, 1.807) is 0 Å². The van der Waals surface area contributed by atoms with Crippen LogP contribution in [0, 0.1) is 13.8 Å². The lowest BCUT2D eigenvalue weighted by atomic mass is 9.96. The second kappa shape index (κ2) is 3.98. The Morgan fingerprint density at radius 1 is 1.29 bits per heavy atom. The van der Waals surface area contributed by atoms with Crippen LogP contribution >= 0.6 is 0 Å². The van der Waals surface area contributed by atoms with Gasteiger partial charge in [-0.15, -0.1) is 0 Å². The average Bonchev–Trinajstić information content (AvgIpc) is 2.74.